The van der Waals surface area contributed by atoms with E-state index in [0.717, 1.165) is 22.4 Å². The number of rotatable bonds is 5. The second-order valence-electron chi connectivity index (χ2n) is 5.47. The summed E-state index contributed by atoms with van der Waals surface area (Å²) in [6, 6.07) is 17.0. The third-order valence-electron chi connectivity index (χ3n) is 3.69. The predicted octanol–water partition coefficient (Wildman–Crippen LogP) is 3.59. The quantitative estimate of drug-likeness (QED) is 0.779. The highest BCUT2D eigenvalue weighted by Crippen LogP contribution is 2.20. The molecular weight excluding hydrogens is 304 g/mol. The molecule has 1 amide bonds. The summed E-state index contributed by atoms with van der Waals surface area (Å²) in [6.07, 6.45) is 0. The number of aromatic nitrogens is 1. The minimum Gasteiger partial charge on any atom is -0.497 e. The van der Waals surface area contributed by atoms with E-state index in [4.69, 9.17) is 9.26 Å². The van der Waals surface area contributed by atoms with Crippen molar-refractivity contribution in [2.24, 2.45) is 0 Å². The van der Waals surface area contributed by atoms with Crippen LogP contribution in [0.5, 0.6) is 5.75 Å². The highest BCUT2D eigenvalue weighted by molar-refractivity contribution is 5.93. The van der Waals surface area contributed by atoms with E-state index < -0.39 is 0 Å². The van der Waals surface area contributed by atoms with Gasteiger partial charge in [-0.15, -0.1) is 0 Å². The van der Waals surface area contributed by atoms with Gasteiger partial charge in [-0.25, -0.2) is 0 Å². The molecule has 5 nitrogen and oxygen atoms in total. The van der Waals surface area contributed by atoms with Crippen LogP contribution < -0.4 is 10.1 Å². The summed E-state index contributed by atoms with van der Waals surface area (Å²) < 4.78 is 10.4. The molecule has 5 heteroatoms. The number of benzene rings is 2. The molecule has 1 aromatic heterocycles. The molecule has 0 radical (unpaired) electrons. The van der Waals surface area contributed by atoms with E-state index in [0.29, 0.717) is 12.3 Å². The molecule has 122 valence electrons. The highest BCUT2D eigenvalue weighted by atomic mass is 16.5. The van der Waals surface area contributed by atoms with E-state index in [1.165, 1.54) is 0 Å². The Morgan fingerprint density at radius 2 is 1.83 bits per heavy atom. The van der Waals surface area contributed by atoms with Gasteiger partial charge in [-0.2, -0.15) is 0 Å². The van der Waals surface area contributed by atoms with Crippen LogP contribution >= 0.6 is 0 Å². The molecule has 0 bridgehead atoms. The minimum atomic E-state index is -0.270. The van der Waals surface area contributed by atoms with Crippen LogP contribution in [0.2, 0.25) is 0 Å². The first-order valence-electron chi connectivity index (χ1n) is 7.60. The zero-order chi connectivity index (χ0) is 16.9. The molecule has 24 heavy (non-hydrogen) atoms. The molecule has 0 spiro atoms. The fourth-order valence-electron chi connectivity index (χ4n) is 2.25. The van der Waals surface area contributed by atoms with E-state index in [9.17, 15) is 4.79 Å². The molecule has 2 aromatic carbocycles. The first kappa shape index (κ1) is 15.8. The van der Waals surface area contributed by atoms with Gasteiger partial charge in [0.2, 0.25) is 0 Å². The largest absolute Gasteiger partial charge is 0.497 e. The van der Waals surface area contributed by atoms with E-state index >= 15 is 0 Å². The van der Waals surface area contributed by atoms with Gasteiger partial charge in [0.15, 0.2) is 11.5 Å². The van der Waals surface area contributed by atoms with Crippen molar-refractivity contribution in [2.75, 3.05) is 7.11 Å². The van der Waals surface area contributed by atoms with Gasteiger partial charge in [0.1, 0.15) is 5.75 Å². The van der Waals surface area contributed by atoms with E-state index in [-0.39, 0.29) is 11.6 Å². The number of hydrogen-bond acceptors (Lipinski definition) is 4. The van der Waals surface area contributed by atoms with Gasteiger partial charge in [-0.1, -0.05) is 47.1 Å². The summed E-state index contributed by atoms with van der Waals surface area (Å²) in [5.41, 5.74) is 3.29. The first-order chi connectivity index (χ1) is 11.7. The van der Waals surface area contributed by atoms with Crippen molar-refractivity contribution in [3.8, 4) is 17.1 Å². The third kappa shape index (κ3) is 3.63. The second-order valence-corrected chi connectivity index (χ2v) is 5.47. The van der Waals surface area contributed by atoms with Crippen LogP contribution in [0.3, 0.4) is 0 Å². The van der Waals surface area contributed by atoms with Crippen molar-refractivity contribution in [2.45, 2.75) is 13.5 Å². The molecule has 0 unspecified atom stereocenters. The van der Waals surface area contributed by atoms with Crippen LogP contribution in [0.15, 0.2) is 59.1 Å². The lowest BCUT2D eigenvalue weighted by Crippen LogP contribution is -2.22. The normalized spacial score (nSPS) is 10.4. The Morgan fingerprint density at radius 3 is 2.50 bits per heavy atom. The molecule has 1 heterocycles. The van der Waals surface area contributed by atoms with Gasteiger partial charge in [0, 0.05) is 18.2 Å². The maximum Gasteiger partial charge on any atom is 0.273 e. The number of nitrogens with one attached hydrogen (secondary N) is 1. The summed E-state index contributed by atoms with van der Waals surface area (Å²) >= 11 is 0. The van der Waals surface area contributed by atoms with Crippen molar-refractivity contribution in [1.82, 2.24) is 10.5 Å². The summed E-state index contributed by atoms with van der Waals surface area (Å²) in [5.74, 6) is 1.09. The number of methoxy groups -OCH3 is 1. The van der Waals surface area contributed by atoms with Crippen molar-refractivity contribution < 1.29 is 14.1 Å². The topological polar surface area (TPSA) is 64.4 Å². The highest BCUT2D eigenvalue weighted by Gasteiger charge is 2.13. The smallest absolute Gasteiger partial charge is 0.273 e. The standard InChI is InChI=1S/C19H18N2O3/c1-13-3-7-15(8-4-13)18-11-17(21-24-18)19(22)20-12-14-5-9-16(23-2)10-6-14/h3-11H,12H2,1-2H3,(H,20,22). The van der Waals surface area contributed by atoms with Crippen molar-refractivity contribution >= 4 is 5.91 Å². The van der Waals surface area contributed by atoms with E-state index in [2.05, 4.69) is 10.5 Å². The number of amides is 1. The molecule has 0 aliphatic carbocycles. The van der Waals surface area contributed by atoms with Gasteiger partial charge < -0.3 is 14.6 Å². The fourth-order valence-corrected chi connectivity index (χ4v) is 2.25. The van der Waals surface area contributed by atoms with Crippen LogP contribution in [-0.2, 0) is 6.54 Å². The van der Waals surface area contributed by atoms with E-state index in [1.54, 1.807) is 13.2 Å². The lowest BCUT2D eigenvalue weighted by Gasteiger charge is -2.04. The lowest BCUT2D eigenvalue weighted by atomic mass is 10.1. The Balaban J connectivity index is 1.64. The van der Waals surface area contributed by atoms with Gasteiger partial charge in [-0.3, -0.25) is 4.79 Å². The van der Waals surface area contributed by atoms with Gasteiger partial charge in [0.25, 0.3) is 5.91 Å². The van der Waals surface area contributed by atoms with Crippen molar-refractivity contribution in [1.29, 1.82) is 0 Å². The molecular formula is C19H18N2O3. The number of nitrogens with zero attached hydrogens (tertiary/aromatic N) is 1. The van der Waals surface area contributed by atoms with Gasteiger partial charge >= 0.3 is 0 Å². The molecule has 0 saturated heterocycles. The summed E-state index contributed by atoms with van der Waals surface area (Å²) in [4.78, 5) is 12.2. The van der Waals surface area contributed by atoms with Crippen LogP contribution in [0.4, 0.5) is 0 Å². The molecule has 0 aliphatic rings. The Bertz CT molecular complexity index is 821. The zero-order valence-corrected chi connectivity index (χ0v) is 13.6. The van der Waals surface area contributed by atoms with Crippen LogP contribution in [-0.4, -0.2) is 18.2 Å². The number of hydrogen-bond donors (Lipinski definition) is 1. The maximum absolute atomic E-state index is 12.2. The Labute approximate surface area is 140 Å². The monoisotopic (exact) mass is 322 g/mol. The number of carbonyl (C=O) groups excluding carboxylic acids is 1. The van der Waals surface area contributed by atoms with Crippen molar-refractivity contribution in [3.63, 3.8) is 0 Å². The summed E-state index contributed by atoms with van der Waals surface area (Å²) in [6.45, 7) is 2.43. The Morgan fingerprint density at radius 1 is 1.12 bits per heavy atom. The molecule has 3 aromatic rings. The summed E-state index contributed by atoms with van der Waals surface area (Å²) in [5, 5.41) is 6.67. The van der Waals surface area contributed by atoms with Gasteiger partial charge in [-0.05, 0) is 24.6 Å². The molecule has 0 saturated carbocycles. The Kier molecular flexibility index (Phi) is 4.61. The molecule has 3 rings (SSSR count). The van der Waals surface area contributed by atoms with Gasteiger partial charge in [0.05, 0.1) is 7.11 Å². The number of carbonyl (C=O) groups is 1. The van der Waals surface area contributed by atoms with Crippen LogP contribution in [0.1, 0.15) is 21.6 Å². The SMILES string of the molecule is COc1ccc(CNC(=O)c2cc(-c3ccc(C)cc3)on2)cc1. The maximum atomic E-state index is 12.2. The molecule has 0 aliphatic heterocycles. The minimum absolute atomic E-state index is 0.263. The van der Waals surface area contributed by atoms with E-state index in [1.807, 2.05) is 55.5 Å². The average Bonchev–Trinajstić information content (AvgIpc) is 3.11. The second kappa shape index (κ2) is 7.00. The molecule has 1 N–H and O–H groups in total. The van der Waals surface area contributed by atoms with Crippen LogP contribution in [0, 0.1) is 6.92 Å². The molecule has 0 atom stereocenters. The summed E-state index contributed by atoms with van der Waals surface area (Å²) in [7, 11) is 1.62. The predicted molar refractivity (Wildman–Crippen MR) is 90.8 cm³/mol. The van der Waals surface area contributed by atoms with Crippen molar-refractivity contribution in [3.05, 3.63) is 71.4 Å². The lowest BCUT2D eigenvalue weighted by molar-refractivity contribution is 0.0942. The Hall–Kier alpha value is -3.08. The number of ether oxygens (including phenoxy) is 1. The number of aryl methyl sites for hydroxylation is 1. The first-order valence-corrected chi connectivity index (χ1v) is 7.60. The third-order valence-corrected chi connectivity index (χ3v) is 3.69. The average molecular weight is 322 g/mol. The van der Waals surface area contributed by atoms with Crippen LogP contribution in [0.25, 0.3) is 11.3 Å². The zero-order valence-electron chi connectivity index (χ0n) is 13.6. The fraction of sp³-hybridized carbons (Fsp3) is 0.158. The molecule has 0 fully saturated rings.